The summed E-state index contributed by atoms with van der Waals surface area (Å²) in [5.74, 6) is 2.22. The Morgan fingerprint density at radius 2 is 1.88 bits per heavy atom. The number of aromatic nitrogens is 4. The first-order valence-electron chi connectivity index (χ1n) is 9.44. The van der Waals surface area contributed by atoms with E-state index in [-0.39, 0.29) is 11.8 Å². The highest BCUT2D eigenvalue weighted by Crippen LogP contribution is 2.30. The summed E-state index contributed by atoms with van der Waals surface area (Å²) in [6.45, 7) is 1.67. The molecule has 2 aromatic heterocycles. The van der Waals surface area contributed by atoms with E-state index in [4.69, 9.17) is 0 Å². The number of carbonyl (C=O) groups excluding carboxylic acids is 1. The summed E-state index contributed by atoms with van der Waals surface area (Å²) < 4.78 is 2.10. The maximum atomic E-state index is 12.7. The predicted octanol–water partition coefficient (Wildman–Crippen LogP) is 2.91. The van der Waals surface area contributed by atoms with Crippen LogP contribution in [-0.4, -0.2) is 32.2 Å². The van der Waals surface area contributed by atoms with Crippen molar-refractivity contribution < 1.29 is 4.79 Å². The third-order valence-electron chi connectivity index (χ3n) is 5.51. The van der Waals surface area contributed by atoms with E-state index in [1.165, 1.54) is 32.1 Å². The molecule has 25 heavy (non-hydrogen) atoms. The molecule has 1 N–H and O–H groups in total. The van der Waals surface area contributed by atoms with Crippen molar-refractivity contribution in [3.05, 3.63) is 30.4 Å². The molecule has 2 aromatic rings. The second kappa shape index (κ2) is 7.33. The largest absolute Gasteiger partial charge is 0.355 e. The van der Waals surface area contributed by atoms with Gasteiger partial charge in [-0.3, -0.25) is 9.78 Å². The lowest BCUT2D eigenvalue weighted by Gasteiger charge is -2.25. The maximum absolute atomic E-state index is 12.7. The van der Waals surface area contributed by atoms with E-state index in [2.05, 4.69) is 25.1 Å². The molecule has 1 aliphatic heterocycles. The lowest BCUT2D eigenvalue weighted by atomic mass is 9.89. The van der Waals surface area contributed by atoms with Gasteiger partial charge >= 0.3 is 0 Å². The summed E-state index contributed by atoms with van der Waals surface area (Å²) in [6.07, 6.45) is 11.8. The van der Waals surface area contributed by atoms with Crippen LogP contribution in [0.25, 0.3) is 11.4 Å². The monoisotopic (exact) mass is 339 g/mol. The molecular weight excluding hydrogens is 314 g/mol. The molecule has 132 valence electrons. The number of hydrogen-bond donors (Lipinski definition) is 1. The van der Waals surface area contributed by atoms with Crippen LogP contribution in [0.3, 0.4) is 0 Å². The molecule has 1 saturated carbocycles. The Hall–Kier alpha value is -2.24. The molecule has 2 aliphatic rings. The Morgan fingerprint density at radius 3 is 2.68 bits per heavy atom. The van der Waals surface area contributed by atoms with E-state index < -0.39 is 0 Å². The first kappa shape index (κ1) is 16.2. The lowest BCUT2D eigenvalue weighted by Crippen LogP contribution is -2.36. The van der Waals surface area contributed by atoms with Crippen LogP contribution in [0.1, 0.15) is 56.7 Å². The minimum Gasteiger partial charge on any atom is -0.355 e. The van der Waals surface area contributed by atoms with Crippen LogP contribution in [0.5, 0.6) is 0 Å². The highest BCUT2D eigenvalue weighted by molar-refractivity contribution is 5.83. The fourth-order valence-electron chi connectivity index (χ4n) is 4.10. The molecule has 0 bridgehead atoms. The van der Waals surface area contributed by atoms with Crippen LogP contribution in [0, 0.1) is 5.92 Å². The van der Waals surface area contributed by atoms with Crippen molar-refractivity contribution >= 4 is 5.91 Å². The first-order chi connectivity index (χ1) is 12.3. The van der Waals surface area contributed by atoms with E-state index in [1.54, 1.807) is 12.4 Å². The van der Waals surface area contributed by atoms with Crippen LogP contribution < -0.4 is 5.32 Å². The highest BCUT2D eigenvalue weighted by Gasteiger charge is 2.31. The zero-order valence-corrected chi connectivity index (χ0v) is 14.5. The standard InChI is InChI=1S/C19H25N5O/c25-19(21-13-14-5-2-1-3-6-14)16-7-4-12-24-17(22-23-18(16)24)15-8-10-20-11-9-15/h8-11,14,16H,1-7,12-13H2,(H,21,25). The van der Waals surface area contributed by atoms with Gasteiger partial charge in [0, 0.05) is 31.0 Å². The van der Waals surface area contributed by atoms with Gasteiger partial charge in [0.1, 0.15) is 5.82 Å². The summed E-state index contributed by atoms with van der Waals surface area (Å²) in [5.41, 5.74) is 0.997. The number of fused-ring (bicyclic) bond motifs is 1. The van der Waals surface area contributed by atoms with Gasteiger partial charge in [0.25, 0.3) is 0 Å². The minimum atomic E-state index is -0.180. The zero-order valence-electron chi connectivity index (χ0n) is 14.5. The van der Waals surface area contributed by atoms with E-state index in [0.717, 1.165) is 43.1 Å². The molecule has 6 nitrogen and oxygen atoms in total. The van der Waals surface area contributed by atoms with Gasteiger partial charge < -0.3 is 9.88 Å². The van der Waals surface area contributed by atoms with Crippen molar-refractivity contribution in [1.82, 2.24) is 25.1 Å². The first-order valence-corrected chi connectivity index (χ1v) is 9.44. The third-order valence-corrected chi connectivity index (χ3v) is 5.51. The van der Waals surface area contributed by atoms with Crippen LogP contribution in [-0.2, 0) is 11.3 Å². The van der Waals surface area contributed by atoms with E-state index >= 15 is 0 Å². The molecule has 6 heteroatoms. The van der Waals surface area contributed by atoms with Crippen LogP contribution in [0.4, 0.5) is 0 Å². The lowest BCUT2D eigenvalue weighted by molar-refractivity contribution is -0.123. The zero-order chi connectivity index (χ0) is 17.1. The third kappa shape index (κ3) is 3.43. The van der Waals surface area contributed by atoms with Crippen molar-refractivity contribution in [3.8, 4) is 11.4 Å². The summed E-state index contributed by atoms with van der Waals surface area (Å²) in [5, 5.41) is 11.9. The van der Waals surface area contributed by atoms with E-state index in [0.29, 0.717) is 5.92 Å². The molecule has 0 saturated heterocycles. The number of pyridine rings is 1. The van der Waals surface area contributed by atoms with Gasteiger partial charge in [-0.1, -0.05) is 19.3 Å². The predicted molar refractivity (Wildman–Crippen MR) is 94.8 cm³/mol. The molecule has 4 rings (SSSR count). The van der Waals surface area contributed by atoms with Gasteiger partial charge in [-0.25, -0.2) is 0 Å². The Kier molecular flexibility index (Phi) is 4.76. The fraction of sp³-hybridized carbons (Fsp3) is 0.579. The van der Waals surface area contributed by atoms with Gasteiger partial charge in [-0.2, -0.15) is 0 Å². The smallest absolute Gasteiger partial charge is 0.230 e. The Balaban J connectivity index is 1.48. The summed E-state index contributed by atoms with van der Waals surface area (Å²) >= 11 is 0. The van der Waals surface area contributed by atoms with E-state index in [9.17, 15) is 4.79 Å². The Labute approximate surface area is 148 Å². The summed E-state index contributed by atoms with van der Waals surface area (Å²) in [7, 11) is 0. The number of amides is 1. The Morgan fingerprint density at radius 1 is 1.08 bits per heavy atom. The molecule has 0 spiro atoms. The number of nitrogens with zero attached hydrogens (tertiary/aromatic N) is 4. The van der Waals surface area contributed by atoms with Crippen molar-refractivity contribution in [2.24, 2.45) is 5.92 Å². The minimum absolute atomic E-state index is 0.111. The van der Waals surface area contributed by atoms with Gasteiger partial charge in [0.2, 0.25) is 5.91 Å². The average molecular weight is 339 g/mol. The van der Waals surface area contributed by atoms with Gasteiger partial charge in [-0.05, 0) is 43.7 Å². The van der Waals surface area contributed by atoms with Gasteiger partial charge in [-0.15, -0.1) is 10.2 Å². The van der Waals surface area contributed by atoms with Crippen molar-refractivity contribution in [1.29, 1.82) is 0 Å². The molecule has 1 aliphatic carbocycles. The second-order valence-electron chi connectivity index (χ2n) is 7.21. The van der Waals surface area contributed by atoms with Gasteiger partial charge in [0.05, 0.1) is 5.92 Å². The molecule has 1 fully saturated rings. The molecule has 0 aromatic carbocycles. The fourth-order valence-corrected chi connectivity index (χ4v) is 4.10. The molecule has 3 heterocycles. The van der Waals surface area contributed by atoms with Crippen molar-refractivity contribution in [3.63, 3.8) is 0 Å². The van der Waals surface area contributed by atoms with Crippen molar-refractivity contribution in [2.75, 3.05) is 6.54 Å². The molecule has 1 atom stereocenters. The van der Waals surface area contributed by atoms with Crippen LogP contribution >= 0.6 is 0 Å². The number of carbonyl (C=O) groups is 1. The van der Waals surface area contributed by atoms with Crippen molar-refractivity contribution in [2.45, 2.75) is 57.4 Å². The SMILES string of the molecule is O=C(NCC1CCCCC1)C1CCCn2c(-c3ccncc3)nnc21. The number of nitrogens with one attached hydrogen (secondary N) is 1. The molecule has 0 radical (unpaired) electrons. The Bertz CT molecular complexity index is 721. The summed E-state index contributed by atoms with van der Waals surface area (Å²) in [4.78, 5) is 16.8. The van der Waals surface area contributed by atoms with Crippen LogP contribution in [0.15, 0.2) is 24.5 Å². The molecule has 1 unspecified atom stereocenters. The number of rotatable bonds is 4. The molecular formula is C19H25N5O. The average Bonchev–Trinajstić information content (AvgIpc) is 3.12. The van der Waals surface area contributed by atoms with Crippen LogP contribution in [0.2, 0.25) is 0 Å². The van der Waals surface area contributed by atoms with Gasteiger partial charge in [0.15, 0.2) is 5.82 Å². The molecule has 1 amide bonds. The highest BCUT2D eigenvalue weighted by atomic mass is 16.1. The quantitative estimate of drug-likeness (QED) is 0.929. The number of hydrogen-bond acceptors (Lipinski definition) is 4. The second-order valence-corrected chi connectivity index (χ2v) is 7.21. The summed E-state index contributed by atoms with van der Waals surface area (Å²) in [6, 6.07) is 3.87. The topological polar surface area (TPSA) is 72.7 Å². The van der Waals surface area contributed by atoms with E-state index in [1.807, 2.05) is 12.1 Å². The maximum Gasteiger partial charge on any atom is 0.230 e. The normalized spacial score (nSPS) is 20.9.